The summed E-state index contributed by atoms with van der Waals surface area (Å²) >= 11 is 0. The molecule has 1 aliphatic heterocycles. The molecule has 25 heavy (non-hydrogen) atoms. The van der Waals surface area contributed by atoms with E-state index in [1.807, 2.05) is 0 Å². The molecule has 1 unspecified atom stereocenters. The minimum Gasteiger partial charge on any atom is -0.373 e. The lowest BCUT2D eigenvalue weighted by Gasteiger charge is -2.36. The number of benzene rings is 1. The lowest BCUT2D eigenvalue weighted by molar-refractivity contribution is -0.0708. The summed E-state index contributed by atoms with van der Waals surface area (Å²) in [6.45, 7) is 17.0. The maximum Gasteiger partial charge on any atom is 0.0678 e. The second kappa shape index (κ2) is 9.94. The molecule has 0 radical (unpaired) electrons. The van der Waals surface area contributed by atoms with Crippen molar-refractivity contribution in [2.24, 2.45) is 5.92 Å². The molecule has 144 valence electrons. The van der Waals surface area contributed by atoms with Crippen LogP contribution in [0, 0.1) is 5.92 Å². The van der Waals surface area contributed by atoms with Gasteiger partial charge in [-0.2, -0.15) is 0 Å². The number of ether oxygens (including phenoxy) is 1. The predicted octanol–water partition coefficient (Wildman–Crippen LogP) is 5.47. The maximum absolute atomic E-state index is 5.84. The third-order valence-corrected chi connectivity index (χ3v) is 5.86. The molecule has 0 aliphatic carbocycles. The smallest absolute Gasteiger partial charge is 0.0678 e. The summed E-state index contributed by atoms with van der Waals surface area (Å²) in [5.74, 6) is 0.678. The summed E-state index contributed by atoms with van der Waals surface area (Å²) in [4.78, 5) is 2.57. The Hall–Kier alpha value is -0.570. The molecule has 1 fully saturated rings. The Morgan fingerprint density at radius 3 is 2.08 bits per heavy atom. The number of nitrogens with zero attached hydrogens (tertiary/aromatic N) is 1. The fourth-order valence-electron chi connectivity index (χ4n) is 4.04. The van der Waals surface area contributed by atoms with Crippen molar-refractivity contribution in [1.82, 2.24) is 4.90 Å². The predicted molar refractivity (Wildman–Crippen MR) is 111 cm³/mol. The van der Waals surface area contributed by atoms with E-state index in [4.69, 9.17) is 4.74 Å². The highest BCUT2D eigenvalue weighted by Crippen LogP contribution is 2.31. The second-order valence-electron chi connectivity index (χ2n) is 8.25. The van der Waals surface area contributed by atoms with Gasteiger partial charge >= 0.3 is 0 Å². The first-order chi connectivity index (χ1) is 11.4. The van der Waals surface area contributed by atoms with Crippen molar-refractivity contribution in [2.45, 2.75) is 78.4 Å². The summed E-state index contributed by atoms with van der Waals surface area (Å²) in [5, 5.41) is 0. The summed E-state index contributed by atoms with van der Waals surface area (Å²) in [5.41, 5.74) is 3.28. The Morgan fingerprint density at radius 2 is 1.60 bits per heavy atom. The third-order valence-electron chi connectivity index (χ3n) is 5.86. The van der Waals surface area contributed by atoms with Crippen LogP contribution in [-0.4, -0.2) is 36.7 Å². The molecule has 1 heterocycles. The monoisotopic (exact) mass is 367 g/mol. The van der Waals surface area contributed by atoms with E-state index >= 15 is 0 Å². The Balaban J connectivity index is 0.00000312. The third kappa shape index (κ3) is 6.27. The molecular formula is C22H38ClNO. The van der Waals surface area contributed by atoms with E-state index in [0.29, 0.717) is 23.5 Å². The van der Waals surface area contributed by atoms with Crippen molar-refractivity contribution in [3.8, 4) is 0 Å². The van der Waals surface area contributed by atoms with Gasteiger partial charge in [-0.05, 0) is 55.6 Å². The topological polar surface area (TPSA) is 12.5 Å². The van der Waals surface area contributed by atoms with Gasteiger partial charge in [-0.25, -0.2) is 0 Å². The molecular weight excluding hydrogens is 330 g/mol. The standard InChI is InChI=1S/C22H37NO.ClH/c1-7-22(6,8-2)21-11-9-20(10-12-21)13-17(3)14-23-15-18(4)24-19(5)16-23;/h9-12,17-19H,7-8,13-16H2,1-6H3;1H/t17?,18-,19+;. The lowest BCUT2D eigenvalue weighted by Crippen LogP contribution is -2.47. The van der Waals surface area contributed by atoms with Crippen molar-refractivity contribution in [1.29, 1.82) is 0 Å². The summed E-state index contributed by atoms with van der Waals surface area (Å²) in [7, 11) is 0. The average Bonchev–Trinajstić information content (AvgIpc) is 2.53. The molecule has 2 rings (SSSR count). The highest BCUT2D eigenvalue weighted by Gasteiger charge is 2.24. The fraction of sp³-hybridized carbons (Fsp3) is 0.727. The molecule has 1 aliphatic rings. The van der Waals surface area contributed by atoms with Gasteiger partial charge in [-0.3, -0.25) is 4.90 Å². The molecule has 3 atom stereocenters. The highest BCUT2D eigenvalue weighted by atomic mass is 35.5. The zero-order valence-electron chi connectivity index (χ0n) is 17.0. The van der Waals surface area contributed by atoms with Gasteiger partial charge in [-0.1, -0.05) is 52.0 Å². The normalized spacial score (nSPS) is 23.1. The van der Waals surface area contributed by atoms with Crippen LogP contribution in [0.5, 0.6) is 0 Å². The minimum absolute atomic E-state index is 0. The van der Waals surface area contributed by atoms with Gasteiger partial charge in [0.05, 0.1) is 12.2 Å². The average molecular weight is 368 g/mol. The van der Waals surface area contributed by atoms with Gasteiger partial charge in [0.2, 0.25) is 0 Å². The van der Waals surface area contributed by atoms with Crippen LogP contribution in [0.25, 0.3) is 0 Å². The van der Waals surface area contributed by atoms with E-state index in [0.717, 1.165) is 19.5 Å². The van der Waals surface area contributed by atoms with E-state index in [2.05, 4.69) is 70.7 Å². The number of morpholine rings is 1. The first kappa shape index (κ1) is 22.5. The van der Waals surface area contributed by atoms with Crippen molar-refractivity contribution >= 4 is 12.4 Å². The van der Waals surface area contributed by atoms with E-state index in [1.165, 1.54) is 30.5 Å². The number of hydrogen-bond acceptors (Lipinski definition) is 2. The Labute approximate surface area is 161 Å². The van der Waals surface area contributed by atoms with Crippen molar-refractivity contribution in [3.05, 3.63) is 35.4 Å². The molecule has 1 aromatic carbocycles. The quantitative estimate of drug-likeness (QED) is 0.633. The second-order valence-corrected chi connectivity index (χ2v) is 8.25. The van der Waals surface area contributed by atoms with Gasteiger partial charge in [0.1, 0.15) is 0 Å². The zero-order chi connectivity index (χ0) is 17.7. The minimum atomic E-state index is 0. The molecule has 0 saturated carbocycles. The fourth-order valence-corrected chi connectivity index (χ4v) is 4.04. The molecule has 0 spiro atoms. The Bertz CT molecular complexity index is 487. The maximum atomic E-state index is 5.84. The summed E-state index contributed by atoms with van der Waals surface area (Å²) < 4.78 is 5.84. The van der Waals surface area contributed by atoms with Crippen LogP contribution in [0.4, 0.5) is 0 Å². The van der Waals surface area contributed by atoms with Gasteiger partial charge < -0.3 is 4.74 Å². The van der Waals surface area contributed by atoms with Crippen molar-refractivity contribution in [2.75, 3.05) is 19.6 Å². The number of rotatable bonds is 7. The van der Waals surface area contributed by atoms with Crippen LogP contribution in [0.2, 0.25) is 0 Å². The Kier molecular flexibility index (Phi) is 8.94. The first-order valence-corrected chi connectivity index (χ1v) is 9.83. The number of hydrogen-bond donors (Lipinski definition) is 0. The van der Waals surface area contributed by atoms with Crippen LogP contribution in [0.3, 0.4) is 0 Å². The van der Waals surface area contributed by atoms with E-state index in [-0.39, 0.29) is 12.4 Å². The molecule has 3 heteroatoms. The zero-order valence-corrected chi connectivity index (χ0v) is 17.9. The van der Waals surface area contributed by atoms with Crippen LogP contribution < -0.4 is 0 Å². The summed E-state index contributed by atoms with van der Waals surface area (Å²) in [6, 6.07) is 9.40. The van der Waals surface area contributed by atoms with Crippen molar-refractivity contribution in [3.63, 3.8) is 0 Å². The molecule has 0 N–H and O–H groups in total. The van der Waals surface area contributed by atoms with E-state index < -0.39 is 0 Å². The van der Waals surface area contributed by atoms with Gasteiger partial charge in [0.25, 0.3) is 0 Å². The molecule has 2 nitrogen and oxygen atoms in total. The van der Waals surface area contributed by atoms with Gasteiger partial charge in [0, 0.05) is 19.6 Å². The van der Waals surface area contributed by atoms with Gasteiger partial charge in [-0.15, -0.1) is 12.4 Å². The lowest BCUT2D eigenvalue weighted by atomic mass is 9.77. The molecule has 0 aromatic heterocycles. The molecule has 1 saturated heterocycles. The SMILES string of the molecule is CCC(C)(CC)c1ccc(CC(C)CN2C[C@@H](C)O[C@@H](C)C2)cc1.Cl. The number of halogens is 1. The largest absolute Gasteiger partial charge is 0.373 e. The van der Waals surface area contributed by atoms with Crippen molar-refractivity contribution < 1.29 is 4.74 Å². The van der Waals surface area contributed by atoms with E-state index in [1.54, 1.807) is 0 Å². The summed E-state index contributed by atoms with van der Waals surface area (Å²) in [6.07, 6.45) is 4.29. The van der Waals surface area contributed by atoms with Gasteiger partial charge in [0.15, 0.2) is 0 Å². The van der Waals surface area contributed by atoms with E-state index in [9.17, 15) is 0 Å². The molecule has 0 bridgehead atoms. The highest BCUT2D eigenvalue weighted by molar-refractivity contribution is 5.85. The van der Waals surface area contributed by atoms with Crippen LogP contribution in [0.15, 0.2) is 24.3 Å². The molecule has 1 aromatic rings. The first-order valence-electron chi connectivity index (χ1n) is 9.83. The van der Waals surface area contributed by atoms with Crippen LogP contribution in [0.1, 0.15) is 65.5 Å². The van der Waals surface area contributed by atoms with Crippen LogP contribution >= 0.6 is 12.4 Å². The molecule has 0 amide bonds. The van der Waals surface area contributed by atoms with Crippen LogP contribution in [-0.2, 0) is 16.6 Å². The Morgan fingerprint density at radius 1 is 1.08 bits per heavy atom.